The summed E-state index contributed by atoms with van der Waals surface area (Å²) in [5.41, 5.74) is 4.75. The van der Waals surface area contributed by atoms with Crippen molar-refractivity contribution in [2.45, 2.75) is 33.7 Å². The Morgan fingerprint density at radius 3 is 2.81 bits per heavy atom. The molecule has 0 radical (unpaired) electrons. The van der Waals surface area contributed by atoms with Gasteiger partial charge in [0.05, 0.1) is 11.5 Å². The van der Waals surface area contributed by atoms with Crippen LogP contribution in [-0.4, -0.2) is 21.8 Å². The molecule has 3 rings (SSSR count). The number of fused-ring (bicyclic) bond motifs is 1. The third-order valence-corrected chi connectivity index (χ3v) is 4.01. The molecule has 0 amide bonds. The topological polar surface area (TPSA) is 63.4 Å². The molecular weight excluding hydrogens is 266 g/mol. The Hall–Kier alpha value is -2.24. The summed E-state index contributed by atoms with van der Waals surface area (Å²) in [7, 11) is 1.60. The van der Waals surface area contributed by atoms with Crippen molar-refractivity contribution in [3.63, 3.8) is 0 Å². The summed E-state index contributed by atoms with van der Waals surface area (Å²) in [6.45, 7) is 7.46. The van der Waals surface area contributed by atoms with Crippen LogP contribution in [0.4, 0.5) is 5.82 Å². The van der Waals surface area contributed by atoms with Gasteiger partial charge in [-0.25, -0.2) is 9.99 Å². The van der Waals surface area contributed by atoms with E-state index in [0.717, 1.165) is 29.7 Å². The molecule has 0 spiro atoms. The van der Waals surface area contributed by atoms with E-state index in [1.165, 1.54) is 10.7 Å². The molecule has 21 heavy (non-hydrogen) atoms. The second kappa shape index (κ2) is 4.65. The number of nitroso groups, excluding NO2 is 1. The average Bonchev–Trinajstić information content (AvgIpc) is 2.93. The number of anilines is 1. The fraction of sp³-hybridized carbons (Fsp3) is 0.467. The molecule has 0 N–H and O–H groups in total. The zero-order valence-corrected chi connectivity index (χ0v) is 12.8. The lowest BCUT2D eigenvalue weighted by molar-refractivity contribution is 0.347. The molecule has 0 fully saturated rings. The largest absolute Gasteiger partial charge is 0.268 e. The van der Waals surface area contributed by atoms with Gasteiger partial charge in [0.1, 0.15) is 0 Å². The van der Waals surface area contributed by atoms with E-state index in [-0.39, 0.29) is 5.41 Å². The Morgan fingerprint density at radius 1 is 1.33 bits per heavy atom. The Morgan fingerprint density at radius 2 is 2.10 bits per heavy atom. The first-order valence-corrected chi connectivity index (χ1v) is 7.00. The van der Waals surface area contributed by atoms with E-state index in [1.54, 1.807) is 13.2 Å². The molecule has 0 atom stereocenters. The van der Waals surface area contributed by atoms with E-state index in [1.807, 2.05) is 19.2 Å². The van der Waals surface area contributed by atoms with Gasteiger partial charge in [0.25, 0.3) is 0 Å². The molecule has 0 unspecified atom stereocenters. The summed E-state index contributed by atoms with van der Waals surface area (Å²) in [6, 6.07) is 1.90. The van der Waals surface area contributed by atoms with Crippen LogP contribution in [0.5, 0.6) is 0 Å². The highest BCUT2D eigenvalue weighted by Gasteiger charge is 2.32. The summed E-state index contributed by atoms with van der Waals surface area (Å²) in [5.74, 6) is 0.544. The number of hydrogen-bond donors (Lipinski definition) is 0. The smallest absolute Gasteiger partial charge is 0.152 e. The molecule has 2 aromatic rings. The predicted octanol–water partition coefficient (Wildman–Crippen LogP) is 2.95. The Bertz CT molecular complexity index is 704. The Kier molecular flexibility index (Phi) is 3.04. The van der Waals surface area contributed by atoms with Crippen molar-refractivity contribution in [1.29, 1.82) is 0 Å². The molecule has 0 saturated heterocycles. The maximum atomic E-state index is 10.7. The van der Waals surface area contributed by atoms with Crippen LogP contribution in [0.2, 0.25) is 0 Å². The highest BCUT2D eigenvalue weighted by molar-refractivity contribution is 5.71. The lowest BCUT2D eigenvalue weighted by Gasteiger charge is -2.15. The first-order valence-electron chi connectivity index (χ1n) is 7.00. The Labute approximate surface area is 123 Å². The zero-order valence-electron chi connectivity index (χ0n) is 12.8. The number of aryl methyl sites for hydroxylation is 1. The third kappa shape index (κ3) is 2.30. The third-order valence-electron chi connectivity index (χ3n) is 4.01. The van der Waals surface area contributed by atoms with Crippen LogP contribution in [0.15, 0.2) is 23.7 Å². The molecule has 2 aromatic heterocycles. The number of rotatable bonds is 3. The molecule has 0 aliphatic carbocycles. The predicted molar refractivity (Wildman–Crippen MR) is 81.9 cm³/mol. The minimum absolute atomic E-state index is 0.239. The first-order chi connectivity index (χ1) is 9.91. The van der Waals surface area contributed by atoms with Gasteiger partial charge in [-0.1, -0.05) is 13.8 Å². The maximum Gasteiger partial charge on any atom is 0.152 e. The van der Waals surface area contributed by atoms with Crippen LogP contribution >= 0.6 is 0 Å². The fourth-order valence-electron chi connectivity index (χ4n) is 2.89. The van der Waals surface area contributed by atoms with Crippen molar-refractivity contribution in [2.24, 2.45) is 10.7 Å². The average molecular weight is 285 g/mol. The minimum Gasteiger partial charge on any atom is -0.268 e. The minimum atomic E-state index is 0.239. The van der Waals surface area contributed by atoms with E-state index in [4.69, 9.17) is 0 Å². The number of nitrogens with zero attached hydrogens (tertiary/aromatic N) is 5. The molecule has 0 aromatic carbocycles. The SMILES string of the molecule is Cc1cnc(N(C)N=O)cc1-c1cnn2c1CC(C)(C)C2. The van der Waals surface area contributed by atoms with Gasteiger partial charge in [-0.15, -0.1) is 4.91 Å². The molecule has 6 heteroatoms. The van der Waals surface area contributed by atoms with Gasteiger partial charge >= 0.3 is 0 Å². The van der Waals surface area contributed by atoms with Crippen LogP contribution in [0.25, 0.3) is 11.1 Å². The van der Waals surface area contributed by atoms with E-state index >= 15 is 0 Å². The van der Waals surface area contributed by atoms with Crippen molar-refractivity contribution in [1.82, 2.24) is 14.8 Å². The van der Waals surface area contributed by atoms with Gasteiger partial charge in [-0.05, 0) is 36.0 Å². The highest BCUT2D eigenvalue weighted by atomic mass is 16.3. The van der Waals surface area contributed by atoms with Crippen molar-refractivity contribution in [3.05, 3.63) is 34.6 Å². The highest BCUT2D eigenvalue weighted by Crippen LogP contribution is 2.38. The van der Waals surface area contributed by atoms with E-state index in [2.05, 4.69) is 33.9 Å². The van der Waals surface area contributed by atoms with Crippen LogP contribution in [-0.2, 0) is 13.0 Å². The monoisotopic (exact) mass is 285 g/mol. The number of hydrogen-bond acceptors (Lipinski definition) is 4. The normalized spacial score (nSPS) is 15.8. The van der Waals surface area contributed by atoms with Gasteiger partial charge in [0.2, 0.25) is 0 Å². The maximum absolute atomic E-state index is 10.7. The van der Waals surface area contributed by atoms with Gasteiger partial charge in [-0.3, -0.25) is 4.68 Å². The van der Waals surface area contributed by atoms with Crippen molar-refractivity contribution < 1.29 is 0 Å². The van der Waals surface area contributed by atoms with E-state index < -0.39 is 0 Å². The zero-order chi connectivity index (χ0) is 15.2. The molecule has 6 nitrogen and oxygen atoms in total. The molecule has 1 aliphatic rings. The standard InChI is InChI=1S/C15H19N5O/c1-10-7-16-14(19(4)18-21)5-11(10)12-8-17-20-9-15(2,3)6-13(12)20/h5,7-8H,6,9H2,1-4H3. The van der Waals surface area contributed by atoms with Crippen LogP contribution in [0.3, 0.4) is 0 Å². The quantitative estimate of drug-likeness (QED) is 0.642. The second-order valence-electron chi connectivity index (χ2n) is 6.47. The summed E-state index contributed by atoms with van der Waals surface area (Å²) >= 11 is 0. The van der Waals surface area contributed by atoms with Crippen molar-refractivity contribution in [2.75, 3.05) is 12.1 Å². The van der Waals surface area contributed by atoms with Crippen LogP contribution in [0, 0.1) is 17.2 Å². The van der Waals surface area contributed by atoms with Crippen LogP contribution in [0.1, 0.15) is 25.1 Å². The fourth-order valence-corrected chi connectivity index (χ4v) is 2.89. The van der Waals surface area contributed by atoms with Gasteiger partial charge < -0.3 is 0 Å². The molecule has 0 bridgehead atoms. The summed E-state index contributed by atoms with van der Waals surface area (Å²) in [5, 5.41) is 8.64. The van der Waals surface area contributed by atoms with Gasteiger partial charge in [0, 0.05) is 31.0 Å². The van der Waals surface area contributed by atoms with Crippen molar-refractivity contribution in [3.8, 4) is 11.1 Å². The summed E-state index contributed by atoms with van der Waals surface area (Å²) in [4.78, 5) is 14.9. The molecule has 1 aliphatic heterocycles. The molecule has 3 heterocycles. The van der Waals surface area contributed by atoms with Crippen molar-refractivity contribution >= 4 is 5.82 Å². The summed E-state index contributed by atoms with van der Waals surface area (Å²) < 4.78 is 2.08. The lowest BCUT2D eigenvalue weighted by atomic mass is 9.89. The second-order valence-corrected chi connectivity index (χ2v) is 6.47. The van der Waals surface area contributed by atoms with Crippen LogP contribution < -0.4 is 5.01 Å². The summed E-state index contributed by atoms with van der Waals surface area (Å²) in [6.07, 6.45) is 4.68. The lowest BCUT2D eigenvalue weighted by Crippen LogP contribution is -2.12. The number of aromatic nitrogens is 3. The number of pyridine rings is 1. The molecule has 110 valence electrons. The molecular formula is C15H19N5O. The van der Waals surface area contributed by atoms with Gasteiger partial charge in [-0.2, -0.15) is 5.10 Å². The molecule has 0 saturated carbocycles. The first kappa shape index (κ1) is 13.7. The van der Waals surface area contributed by atoms with Gasteiger partial charge in [0.15, 0.2) is 5.82 Å². The Balaban J connectivity index is 2.08. The van der Waals surface area contributed by atoms with E-state index in [9.17, 15) is 4.91 Å². The van der Waals surface area contributed by atoms with E-state index in [0.29, 0.717) is 5.82 Å².